The van der Waals surface area contributed by atoms with Crippen molar-refractivity contribution in [3.63, 3.8) is 0 Å². The van der Waals surface area contributed by atoms with E-state index >= 15 is 0 Å². The molecule has 0 bridgehead atoms. The molecule has 20 heavy (non-hydrogen) atoms. The van der Waals surface area contributed by atoms with Crippen LogP contribution in [0.3, 0.4) is 0 Å². The Morgan fingerprint density at radius 1 is 1.30 bits per heavy atom. The lowest BCUT2D eigenvalue weighted by Gasteiger charge is -2.29. The summed E-state index contributed by atoms with van der Waals surface area (Å²) in [4.78, 5) is 2.56. The second-order valence-corrected chi connectivity index (χ2v) is 5.97. The van der Waals surface area contributed by atoms with Gasteiger partial charge in [-0.2, -0.15) is 0 Å². The van der Waals surface area contributed by atoms with Crippen LogP contribution in [0.2, 0.25) is 0 Å². The summed E-state index contributed by atoms with van der Waals surface area (Å²) in [5.74, 6) is 0. The lowest BCUT2D eigenvalue weighted by Crippen LogP contribution is -2.38. The molecule has 1 N–H and O–H groups in total. The maximum Gasteiger partial charge on any atom is 0.0597 e. The molecule has 3 nitrogen and oxygen atoms in total. The monoisotopic (exact) mass is 276 g/mol. The summed E-state index contributed by atoms with van der Waals surface area (Å²) in [6.07, 6.45) is 1.52. The smallest absolute Gasteiger partial charge is 0.0597 e. The zero-order valence-corrected chi connectivity index (χ0v) is 13.0. The van der Waals surface area contributed by atoms with Crippen molar-refractivity contribution in [2.75, 3.05) is 26.2 Å². The molecule has 1 aromatic rings. The van der Waals surface area contributed by atoms with Crippen LogP contribution in [0, 0.1) is 0 Å². The maximum absolute atomic E-state index is 5.71. The minimum absolute atomic E-state index is 0.320. The molecule has 0 radical (unpaired) electrons. The molecule has 1 saturated heterocycles. The van der Waals surface area contributed by atoms with E-state index in [9.17, 15) is 0 Å². The second-order valence-electron chi connectivity index (χ2n) is 5.97. The molecule has 1 aliphatic heterocycles. The number of hydrogen-bond donors (Lipinski definition) is 1. The van der Waals surface area contributed by atoms with E-state index in [4.69, 9.17) is 4.74 Å². The van der Waals surface area contributed by atoms with Gasteiger partial charge in [-0.25, -0.2) is 0 Å². The predicted octanol–water partition coefficient (Wildman–Crippen LogP) is 2.84. The van der Waals surface area contributed by atoms with Crippen LogP contribution in [0.25, 0.3) is 0 Å². The van der Waals surface area contributed by atoms with Gasteiger partial charge in [0.15, 0.2) is 0 Å². The van der Waals surface area contributed by atoms with E-state index in [1.807, 2.05) is 0 Å². The first-order valence-electron chi connectivity index (χ1n) is 7.81. The highest BCUT2D eigenvalue weighted by atomic mass is 16.5. The van der Waals surface area contributed by atoms with Crippen molar-refractivity contribution in [2.24, 2.45) is 0 Å². The van der Waals surface area contributed by atoms with Crippen molar-refractivity contribution < 1.29 is 4.74 Å². The van der Waals surface area contributed by atoms with Crippen LogP contribution in [0.15, 0.2) is 30.3 Å². The van der Waals surface area contributed by atoms with Gasteiger partial charge in [-0.05, 0) is 39.3 Å². The van der Waals surface area contributed by atoms with E-state index in [0.717, 1.165) is 26.2 Å². The van der Waals surface area contributed by atoms with Crippen molar-refractivity contribution in [2.45, 2.75) is 45.4 Å². The van der Waals surface area contributed by atoms with Crippen LogP contribution >= 0.6 is 0 Å². The first-order chi connectivity index (χ1) is 9.66. The molecule has 1 aromatic carbocycles. The Morgan fingerprint density at radius 3 is 2.75 bits per heavy atom. The average molecular weight is 276 g/mol. The Bertz CT molecular complexity index is 380. The van der Waals surface area contributed by atoms with E-state index < -0.39 is 0 Å². The van der Waals surface area contributed by atoms with Gasteiger partial charge in [-0.1, -0.05) is 30.3 Å². The number of nitrogens with one attached hydrogen (secondary N) is 1. The minimum atomic E-state index is 0.320. The molecule has 0 aliphatic carbocycles. The Morgan fingerprint density at radius 2 is 2.05 bits per heavy atom. The molecule has 2 rings (SSSR count). The summed E-state index contributed by atoms with van der Waals surface area (Å²) in [6.45, 7) is 10.5. The molecule has 0 saturated carbocycles. The summed E-state index contributed by atoms with van der Waals surface area (Å²) in [5.41, 5.74) is 1.39. The quantitative estimate of drug-likeness (QED) is 0.895. The maximum atomic E-state index is 5.71. The number of ether oxygens (including phenoxy) is 1. The summed E-state index contributed by atoms with van der Waals surface area (Å²) < 4.78 is 5.71. The molecule has 2 atom stereocenters. The van der Waals surface area contributed by atoms with Crippen molar-refractivity contribution in [3.05, 3.63) is 35.9 Å². The van der Waals surface area contributed by atoms with Crippen LogP contribution in [-0.4, -0.2) is 43.3 Å². The highest BCUT2D eigenvalue weighted by Crippen LogP contribution is 2.19. The summed E-state index contributed by atoms with van der Waals surface area (Å²) >= 11 is 0. The fourth-order valence-electron chi connectivity index (χ4n) is 2.75. The summed E-state index contributed by atoms with van der Waals surface area (Å²) in [7, 11) is 0. The van der Waals surface area contributed by atoms with Crippen LogP contribution < -0.4 is 5.32 Å². The zero-order valence-electron chi connectivity index (χ0n) is 13.0. The molecule has 1 heterocycles. The highest BCUT2D eigenvalue weighted by molar-refractivity contribution is 5.19. The number of hydrogen-bond acceptors (Lipinski definition) is 3. The van der Waals surface area contributed by atoms with Gasteiger partial charge in [0.25, 0.3) is 0 Å². The lowest BCUT2D eigenvalue weighted by molar-refractivity contribution is 0.0501. The molecular weight excluding hydrogens is 248 g/mol. The summed E-state index contributed by atoms with van der Waals surface area (Å²) in [6, 6.07) is 11.8. The Kier molecular flexibility index (Phi) is 6.02. The third-order valence-electron chi connectivity index (χ3n) is 4.02. The zero-order chi connectivity index (χ0) is 14.4. The molecule has 1 fully saturated rings. The van der Waals surface area contributed by atoms with Gasteiger partial charge in [0.05, 0.1) is 12.7 Å². The van der Waals surface area contributed by atoms with Crippen LogP contribution in [0.1, 0.15) is 38.8 Å². The molecule has 3 heteroatoms. The molecule has 0 amide bonds. The first kappa shape index (κ1) is 15.5. The van der Waals surface area contributed by atoms with Crippen molar-refractivity contribution in [1.29, 1.82) is 0 Å². The van der Waals surface area contributed by atoms with E-state index in [-0.39, 0.29) is 0 Å². The fraction of sp³-hybridized carbons (Fsp3) is 0.647. The largest absolute Gasteiger partial charge is 0.377 e. The number of nitrogens with zero attached hydrogens (tertiary/aromatic N) is 1. The SMILES string of the molecule is CC(C)OCCN1CC(c2ccccc2)NCCC1C. The molecule has 2 unspecified atom stereocenters. The van der Waals surface area contributed by atoms with Gasteiger partial charge in [-0.15, -0.1) is 0 Å². The van der Waals surface area contributed by atoms with Gasteiger partial charge in [0, 0.05) is 25.2 Å². The van der Waals surface area contributed by atoms with Gasteiger partial charge in [-0.3, -0.25) is 4.90 Å². The fourth-order valence-corrected chi connectivity index (χ4v) is 2.75. The molecule has 112 valence electrons. The molecule has 1 aliphatic rings. The van der Waals surface area contributed by atoms with Gasteiger partial charge >= 0.3 is 0 Å². The van der Waals surface area contributed by atoms with Crippen molar-refractivity contribution in [3.8, 4) is 0 Å². The normalized spacial score (nSPS) is 24.8. The number of rotatable bonds is 5. The highest BCUT2D eigenvalue weighted by Gasteiger charge is 2.23. The first-order valence-corrected chi connectivity index (χ1v) is 7.81. The van der Waals surface area contributed by atoms with E-state index in [0.29, 0.717) is 18.2 Å². The van der Waals surface area contributed by atoms with Crippen LogP contribution in [0.4, 0.5) is 0 Å². The van der Waals surface area contributed by atoms with Crippen molar-refractivity contribution in [1.82, 2.24) is 10.2 Å². The minimum Gasteiger partial charge on any atom is -0.377 e. The van der Waals surface area contributed by atoms with Gasteiger partial charge < -0.3 is 10.1 Å². The topological polar surface area (TPSA) is 24.5 Å². The van der Waals surface area contributed by atoms with Gasteiger partial charge in [0.1, 0.15) is 0 Å². The Balaban J connectivity index is 1.95. The number of benzene rings is 1. The second kappa shape index (κ2) is 7.77. The van der Waals surface area contributed by atoms with E-state index in [2.05, 4.69) is 61.3 Å². The van der Waals surface area contributed by atoms with E-state index in [1.165, 1.54) is 12.0 Å². The third-order valence-corrected chi connectivity index (χ3v) is 4.02. The Labute approximate surface area is 123 Å². The van der Waals surface area contributed by atoms with Crippen LogP contribution in [0.5, 0.6) is 0 Å². The molecule has 0 spiro atoms. The van der Waals surface area contributed by atoms with E-state index in [1.54, 1.807) is 0 Å². The Hall–Kier alpha value is -0.900. The van der Waals surface area contributed by atoms with Gasteiger partial charge in [0.2, 0.25) is 0 Å². The standard InChI is InChI=1S/C17H28N2O/c1-14(2)20-12-11-19-13-17(18-10-9-15(19)3)16-7-5-4-6-8-16/h4-8,14-15,17-18H,9-13H2,1-3H3. The predicted molar refractivity (Wildman–Crippen MR) is 83.9 cm³/mol. The summed E-state index contributed by atoms with van der Waals surface area (Å²) in [5, 5.41) is 3.67. The van der Waals surface area contributed by atoms with Crippen LogP contribution in [-0.2, 0) is 4.74 Å². The average Bonchev–Trinajstić information content (AvgIpc) is 2.62. The lowest BCUT2D eigenvalue weighted by atomic mass is 10.1. The van der Waals surface area contributed by atoms with Crippen molar-refractivity contribution >= 4 is 0 Å². The molecule has 0 aromatic heterocycles. The molecular formula is C17H28N2O. The third kappa shape index (κ3) is 4.58.